The van der Waals surface area contributed by atoms with E-state index in [9.17, 15) is 13.2 Å². The minimum Gasteiger partial charge on any atom is -0.494 e. The predicted molar refractivity (Wildman–Crippen MR) is 105 cm³/mol. The third kappa shape index (κ3) is 7.16. The first-order valence-corrected chi connectivity index (χ1v) is 10.5. The number of halogens is 1. The van der Waals surface area contributed by atoms with E-state index in [0.29, 0.717) is 31.0 Å². The van der Waals surface area contributed by atoms with Crippen LogP contribution in [-0.2, 0) is 14.6 Å². The molecule has 1 heterocycles. The summed E-state index contributed by atoms with van der Waals surface area (Å²) in [6, 6.07) is 9.77. The fourth-order valence-corrected chi connectivity index (χ4v) is 3.13. The maximum atomic E-state index is 12.0. The predicted octanol–water partition coefficient (Wildman–Crippen LogP) is 2.48. The van der Waals surface area contributed by atoms with Crippen molar-refractivity contribution in [2.24, 2.45) is 0 Å². The van der Waals surface area contributed by atoms with Crippen LogP contribution >= 0.6 is 11.6 Å². The SMILES string of the molecule is CN(CCCOc1cccc(S(C)(=O)=O)c1)CC(=O)Nc1cccnc1Cl. The number of aromatic nitrogens is 1. The molecule has 2 aromatic rings. The van der Waals surface area contributed by atoms with Crippen LogP contribution in [0.4, 0.5) is 5.69 Å². The molecule has 146 valence electrons. The summed E-state index contributed by atoms with van der Waals surface area (Å²) in [6.45, 7) is 1.25. The Hall–Kier alpha value is -2.16. The fraction of sp³-hybridized carbons (Fsp3) is 0.333. The summed E-state index contributed by atoms with van der Waals surface area (Å²) in [5.74, 6) is 0.318. The van der Waals surface area contributed by atoms with Crippen LogP contribution in [0.15, 0.2) is 47.5 Å². The van der Waals surface area contributed by atoms with Crippen molar-refractivity contribution < 1.29 is 17.9 Å². The average molecular weight is 412 g/mol. The van der Waals surface area contributed by atoms with Crippen molar-refractivity contribution >= 4 is 33.0 Å². The third-order valence-corrected chi connectivity index (χ3v) is 5.04. The molecule has 0 radical (unpaired) electrons. The smallest absolute Gasteiger partial charge is 0.238 e. The van der Waals surface area contributed by atoms with Gasteiger partial charge in [-0.25, -0.2) is 13.4 Å². The Morgan fingerprint density at radius 2 is 2.07 bits per heavy atom. The van der Waals surface area contributed by atoms with Crippen molar-refractivity contribution in [1.29, 1.82) is 0 Å². The maximum absolute atomic E-state index is 12.0. The van der Waals surface area contributed by atoms with Crippen LogP contribution in [0.3, 0.4) is 0 Å². The van der Waals surface area contributed by atoms with Gasteiger partial charge in [-0.05, 0) is 43.8 Å². The van der Waals surface area contributed by atoms with E-state index < -0.39 is 9.84 Å². The van der Waals surface area contributed by atoms with Crippen molar-refractivity contribution in [2.45, 2.75) is 11.3 Å². The van der Waals surface area contributed by atoms with Crippen LogP contribution < -0.4 is 10.1 Å². The van der Waals surface area contributed by atoms with E-state index in [2.05, 4.69) is 10.3 Å². The van der Waals surface area contributed by atoms with Crippen LogP contribution in [0.1, 0.15) is 6.42 Å². The Kier molecular flexibility index (Phi) is 7.58. The third-order valence-electron chi connectivity index (χ3n) is 3.63. The van der Waals surface area contributed by atoms with Crippen molar-refractivity contribution in [3.05, 3.63) is 47.7 Å². The van der Waals surface area contributed by atoms with Gasteiger partial charge in [-0.15, -0.1) is 0 Å². The van der Waals surface area contributed by atoms with Gasteiger partial charge in [-0.2, -0.15) is 0 Å². The maximum Gasteiger partial charge on any atom is 0.238 e. The van der Waals surface area contributed by atoms with Crippen molar-refractivity contribution in [2.75, 3.05) is 38.3 Å². The van der Waals surface area contributed by atoms with Crippen molar-refractivity contribution in [3.63, 3.8) is 0 Å². The molecule has 0 aliphatic carbocycles. The molecule has 1 N–H and O–H groups in total. The minimum absolute atomic E-state index is 0.186. The molecule has 9 heteroatoms. The second-order valence-corrected chi connectivity index (χ2v) is 8.45. The second kappa shape index (κ2) is 9.68. The molecule has 0 unspecified atom stereocenters. The van der Waals surface area contributed by atoms with Crippen LogP contribution in [0, 0.1) is 0 Å². The van der Waals surface area contributed by atoms with E-state index in [1.54, 1.807) is 30.5 Å². The summed E-state index contributed by atoms with van der Waals surface area (Å²) in [6.07, 6.45) is 3.39. The Morgan fingerprint density at radius 1 is 1.30 bits per heavy atom. The van der Waals surface area contributed by atoms with E-state index in [0.717, 1.165) is 6.26 Å². The Labute approximate surface area is 164 Å². The highest BCUT2D eigenvalue weighted by molar-refractivity contribution is 7.90. The number of carbonyl (C=O) groups excluding carboxylic acids is 1. The van der Waals surface area contributed by atoms with Crippen LogP contribution in [0.2, 0.25) is 5.15 Å². The number of pyridine rings is 1. The number of carbonyl (C=O) groups is 1. The van der Waals surface area contributed by atoms with Crippen molar-refractivity contribution in [3.8, 4) is 5.75 Å². The lowest BCUT2D eigenvalue weighted by Crippen LogP contribution is -2.31. The number of hydrogen-bond donors (Lipinski definition) is 1. The molecule has 0 bridgehead atoms. The lowest BCUT2D eigenvalue weighted by molar-refractivity contribution is -0.117. The largest absolute Gasteiger partial charge is 0.494 e. The zero-order valence-corrected chi connectivity index (χ0v) is 16.8. The van der Waals surface area contributed by atoms with Gasteiger partial charge in [0.2, 0.25) is 5.91 Å². The number of sulfone groups is 1. The number of ether oxygens (including phenoxy) is 1. The second-order valence-electron chi connectivity index (χ2n) is 6.08. The van der Waals surface area contributed by atoms with Gasteiger partial charge in [-0.3, -0.25) is 9.69 Å². The van der Waals surface area contributed by atoms with E-state index in [1.165, 1.54) is 12.1 Å². The molecule has 0 aliphatic heterocycles. The summed E-state index contributed by atoms with van der Waals surface area (Å²) >= 11 is 5.91. The summed E-state index contributed by atoms with van der Waals surface area (Å²) in [5, 5.41) is 2.96. The Morgan fingerprint density at radius 3 is 2.78 bits per heavy atom. The molecule has 1 amide bonds. The van der Waals surface area contributed by atoms with Gasteiger partial charge in [0.05, 0.1) is 23.7 Å². The quantitative estimate of drug-likeness (QED) is 0.503. The highest BCUT2D eigenvalue weighted by atomic mass is 35.5. The first kappa shape index (κ1) is 21.1. The molecule has 2 rings (SSSR count). The molecule has 0 atom stereocenters. The number of anilines is 1. The number of benzene rings is 1. The van der Waals surface area contributed by atoms with Crippen LogP contribution in [0.5, 0.6) is 5.75 Å². The Balaban J connectivity index is 1.72. The van der Waals surface area contributed by atoms with Gasteiger partial charge in [-0.1, -0.05) is 17.7 Å². The van der Waals surface area contributed by atoms with Crippen LogP contribution in [0.25, 0.3) is 0 Å². The zero-order chi connectivity index (χ0) is 19.9. The van der Waals surface area contributed by atoms with Crippen molar-refractivity contribution in [1.82, 2.24) is 9.88 Å². The highest BCUT2D eigenvalue weighted by Gasteiger charge is 2.10. The van der Waals surface area contributed by atoms with Gasteiger partial charge < -0.3 is 10.1 Å². The Bertz CT molecular complexity index is 890. The summed E-state index contributed by atoms with van der Waals surface area (Å²) < 4.78 is 28.7. The lowest BCUT2D eigenvalue weighted by Gasteiger charge is -2.16. The number of nitrogens with one attached hydrogen (secondary N) is 1. The molecule has 0 saturated carbocycles. The molecular weight excluding hydrogens is 390 g/mol. The number of hydrogen-bond acceptors (Lipinski definition) is 6. The lowest BCUT2D eigenvalue weighted by atomic mass is 10.3. The van der Waals surface area contributed by atoms with E-state index in [-0.39, 0.29) is 22.5 Å². The van der Waals surface area contributed by atoms with Crippen LogP contribution in [-0.4, -0.2) is 57.2 Å². The fourth-order valence-electron chi connectivity index (χ4n) is 2.31. The molecule has 0 saturated heterocycles. The topological polar surface area (TPSA) is 88.6 Å². The average Bonchev–Trinajstić information content (AvgIpc) is 2.60. The van der Waals surface area contributed by atoms with E-state index in [1.807, 2.05) is 11.9 Å². The molecule has 1 aromatic heterocycles. The highest BCUT2D eigenvalue weighted by Crippen LogP contribution is 2.18. The van der Waals surface area contributed by atoms with Gasteiger partial charge >= 0.3 is 0 Å². The number of amides is 1. The molecule has 7 nitrogen and oxygen atoms in total. The minimum atomic E-state index is -3.26. The summed E-state index contributed by atoms with van der Waals surface area (Å²) in [5.41, 5.74) is 0.478. The monoisotopic (exact) mass is 411 g/mol. The summed E-state index contributed by atoms with van der Waals surface area (Å²) in [7, 11) is -1.43. The van der Waals surface area contributed by atoms with Gasteiger partial charge in [0.1, 0.15) is 5.75 Å². The summed E-state index contributed by atoms with van der Waals surface area (Å²) in [4.78, 5) is 18.0. The van der Waals surface area contributed by atoms with Gasteiger partial charge in [0.25, 0.3) is 0 Å². The molecule has 0 aliphatic rings. The first-order valence-electron chi connectivity index (χ1n) is 8.27. The molecule has 1 aromatic carbocycles. The molecule has 0 fully saturated rings. The standard InChI is InChI=1S/C18H22ClN3O4S/c1-22(13-17(23)21-16-8-4-9-20-18(16)19)10-5-11-26-14-6-3-7-15(12-14)27(2,24)25/h3-4,6-9,12H,5,10-11,13H2,1-2H3,(H,21,23). The number of likely N-dealkylation sites (N-methyl/N-ethyl adjacent to an activating group) is 1. The molecule has 0 spiro atoms. The molecule has 27 heavy (non-hydrogen) atoms. The zero-order valence-electron chi connectivity index (χ0n) is 15.2. The van der Waals surface area contributed by atoms with E-state index in [4.69, 9.17) is 16.3 Å². The first-order chi connectivity index (χ1) is 12.8. The van der Waals surface area contributed by atoms with Gasteiger partial charge in [0.15, 0.2) is 15.0 Å². The molecular formula is C18H22ClN3O4S. The van der Waals surface area contributed by atoms with E-state index >= 15 is 0 Å². The van der Waals surface area contributed by atoms with Gasteiger partial charge in [0, 0.05) is 19.0 Å². The number of nitrogens with zero attached hydrogens (tertiary/aromatic N) is 2. The normalized spacial score (nSPS) is 11.4. The number of rotatable bonds is 9.